The minimum atomic E-state index is -0.114. The first-order chi connectivity index (χ1) is 13.6. The number of ether oxygens (including phenoxy) is 1. The van der Waals surface area contributed by atoms with Gasteiger partial charge in [0.25, 0.3) is 0 Å². The second-order valence-electron chi connectivity index (χ2n) is 7.01. The zero-order valence-corrected chi connectivity index (χ0v) is 16.2. The summed E-state index contributed by atoms with van der Waals surface area (Å²) >= 11 is 0. The van der Waals surface area contributed by atoms with Crippen LogP contribution in [0.15, 0.2) is 54.6 Å². The van der Waals surface area contributed by atoms with Gasteiger partial charge in [0, 0.05) is 24.7 Å². The highest BCUT2D eigenvalue weighted by Crippen LogP contribution is 2.18. The Bertz CT molecular complexity index is 787. The van der Waals surface area contributed by atoms with Crippen LogP contribution < -0.4 is 15.4 Å². The van der Waals surface area contributed by atoms with Crippen molar-refractivity contribution in [2.75, 3.05) is 31.6 Å². The van der Waals surface area contributed by atoms with Gasteiger partial charge in [0.15, 0.2) is 0 Å². The first-order valence-corrected chi connectivity index (χ1v) is 9.70. The van der Waals surface area contributed by atoms with Gasteiger partial charge in [-0.1, -0.05) is 30.3 Å². The average Bonchev–Trinajstić information content (AvgIpc) is 2.72. The van der Waals surface area contributed by atoms with E-state index in [-0.39, 0.29) is 17.9 Å². The van der Waals surface area contributed by atoms with E-state index >= 15 is 0 Å². The van der Waals surface area contributed by atoms with Crippen molar-refractivity contribution in [3.05, 3.63) is 60.2 Å². The number of rotatable bonds is 6. The van der Waals surface area contributed by atoms with Crippen LogP contribution in [0.4, 0.5) is 10.5 Å². The number of para-hydroxylation sites is 1. The van der Waals surface area contributed by atoms with Gasteiger partial charge in [-0.3, -0.25) is 4.79 Å². The van der Waals surface area contributed by atoms with Crippen LogP contribution >= 0.6 is 0 Å². The van der Waals surface area contributed by atoms with Crippen molar-refractivity contribution in [1.82, 2.24) is 10.2 Å². The van der Waals surface area contributed by atoms with Crippen LogP contribution in [0, 0.1) is 12.8 Å². The van der Waals surface area contributed by atoms with E-state index in [4.69, 9.17) is 4.74 Å². The number of benzene rings is 2. The molecule has 1 saturated heterocycles. The summed E-state index contributed by atoms with van der Waals surface area (Å²) in [6.45, 7) is 4.09. The van der Waals surface area contributed by atoms with E-state index < -0.39 is 0 Å². The number of nitrogens with one attached hydrogen (secondary N) is 2. The van der Waals surface area contributed by atoms with Crippen LogP contribution in [0.25, 0.3) is 0 Å². The van der Waals surface area contributed by atoms with Crippen LogP contribution in [0.1, 0.15) is 18.4 Å². The Hall–Kier alpha value is -3.02. The average molecular weight is 381 g/mol. The lowest BCUT2D eigenvalue weighted by molar-refractivity contribution is -0.126. The summed E-state index contributed by atoms with van der Waals surface area (Å²) in [5.41, 5.74) is 1.92. The number of aryl methyl sites for hydroxylation is 1. The minimum Gasteiger partial charge on any atom is -0.492 e. The number of likely N-dealkylation sites (tertiary alicyclic amines) is 1. The van der Waals surface area contributed by atoms with Gasteiger partial charge in [0.2, 0.25) is 5.91 Å². The Morgan fingerprint density at radius 1 is 1.07 bits per heavy atom. The predicted octanol–water partition coefficient (Wildman–Crippen LogP) is 3.43. The molecule has 0 aliphatic carbocycles. The fourth-order valence-corrected chi connectivity index (χ4v) is 3.26. The standard InChI is InChI=1S/C22H27N3O3/c1-17-6-5-9-20(16-17)28-15-12-23-21(26)18-10-13-25(14-11-18)22(27)24-19-7-3-2-4-8-19/h2-9,16,18H,10-15H2,1H3,(H,23,26)(H,24,27). The van der Waals surface area contributed by atoms with Gasteiger partial charge in [-0.05, 0) is 49.6 Å². The smallest absolute Gasteiger partial charge is 0.321 e. The molecule has 1 aliphatic heterocycles. The number of urea groups is 1. The zero-order chi connectivity index (χ0) is 19.8. The quantitative estimate of drug-likeness (QED) is 0.753. The van der Waals surface area contributed by atoms with Gasteiger partial charge in [-0.25, -0.2) is 4.79 Å². The number of hydrogen-bond acceptors (Lipinski definition) is 3. The SMILES string of the molecule is Cc1cccc(OCCNC(=O)C2CCN(C(=O)Nc3ccccc3)CC2)c1. The lowest BCUT2D eigenvalue weighted by Crippen LogP contribution is -2.45. The molecule has 3 amide bonds. The molecule has 2 aromatic rings. The van der Waals surface area contributed by atoms with E-state index in [2.05, 4.69) is 10.6 Å². The van der Waals surface area contributed by atoms with Crippen LogP contribution in [-0.4, -0.2) is 43.1 Å². The van der Waals surface area contributed by atoms with E-state index in [1.807, 2.05) is 61.5 Å². The topological polar surface area (TPSA) is 70.7 Å². The maximum absolute atomic E-state index is 12.3. The number of nitrogens with zero attached hydrogens (tertiary/aromatic N) is 1. The van der Waals surface area contributed by atoms with Crippen LogP contribution in [0.3, 0.4) is 0 Å². The molecular weight excluding hydrogens is 354 g/mol. The summed E-state index contributed by atoms with van der Waals surface area (Å²) in [4.78, 5) is 26.4. The van der Waals surface area contributed by atoms with Gasteiger partial charge in [0.1, 0.15) is 12.4 Å². The summed E-state index contributed by atoms with van der Waals surface area (Å²) in [5.74, 6) is 0.794. The van der Waals surface area contributed by atoms with E-state index in [1.54, 1.807) is 4.90 Å². The third kappa shape index (κ3) is 5.74. The molecule has 6 nitrogen and oxygen atoms in total. The first-order valence-electron chi connectivity index (χ1n) is 9.70. The summed E-state index contributed by atoms with van der Waals surface area (Å²) < 4.78 is 5.65. The molecule has 2 aromatic carbocycles. The predicted molar refractivity (Wildman–Crippen MR) is 109 cm³/mol. The molecule has 3 rings (SSSR count). The Morgan fingerprint density at radius 3 is 2.54 bits per heavy atom. The fraction of sp³-hybridized carbons (Fsp3) is 0.364. The summed E-state index contributed by atoms with van der Waals surface area (Å²) in [7, 11) is 0. The van der Waals surface area contributed by atoms with E-state index in [0.717, 1.165) is 17.0 Å². The lowest BCUT2D eigenvalue weighted by atomic mass is 9.96. The fourth-order valence-electron chi connectivity index (χ4n) is 3.26. The van der Waals surface area contributed by atoms with E-state index in [0.29, 0.717) is 39.1 Å². The third-order valence-corrected chi connectivity index (χ3v) is 4.84. The molecule has 1 aliphatic rings. The van der Waals surface area contributed by atoms with Crippen LogP contribution in [0.5, 0.6) is 5.75 Å². The summed E-state index contributed by atoms with van der Waals surface area (Å²) in [6.07, 6.45) is 1.35. The van der Waals surface area contributed by atoms with Crippen LogP contribution in [0.2, 0.25) is 0 Å². The molecule has 0 radical (unpaired) electrons. The molecule has 0 aromatic heterocycles. The molecular formula is C22H27N3O3. The molecule has 0 unspecified atom stereocenters. The number of anilines is 1. The highest BCUT2D eigenvalue weighted by molar-refractivity contribution is 5.89. The normalized spacial score (nSPS) is 14.4. The zero-order valence-electron chi connectivity index (χ0n) is 16.2. The summed E-state index contributed by atoms with van der Waals surface area (Å²) in [6, 6.07) is 17.1. The van der Waals surface area contributed by atoms with Gasteiger partial charge < -0.3 is 20.3 Å². The second-order valence-corrected chi connectivity index (χ2v) is 7.01. The molecule has 28 heavy (non-hydrogen) atoms. The maximum atomic E-state index is 12.3. The molecule has 2 N–H and O–H groups in total. The van der Waals surface area contributed by atoms with E-state index in [9.17, 15) is 9.59 Å². The highest BCUT2D eigenvalue weighted by atomic mass is 16.5. The lowest BCUT2D eigenvalue weighted by Gasteiger charge is -2.31. The molecule has 0 bridgehead atoms. The van der Waals surface area contributed by atoms with Crippen molar-refractivity contribution in [3.8, 4) is 5.75 Å². The number of amides is 3. The van der Waals surface area contributed by atoms with Gasteiger partial charge >= 0.3 is 6.03 Å². The Kier molecular flexibility index (Phi) is 6.89. The van der Waals surface area contributed by atoms with Crippen molar-refractivity contribution in [1.29, 1.82) is 0 Å². The van der Waals surface area contributed by atoms with Crippen molar-refractivity contribution >= 4 is 17.6 Å². The monoisotopic (exact) mass is 381 g/mol. The van der Waals surface area contributed by atoms with Gasteiger partial charge in [-0.15, -0.1) is 0 Å². The second kappa shape index (κ2) is 9.78. The van der Waals surface area contributed by atoms with Crippen molar-refractivity contribution in [2.24, 2.45) is 5.92 Å². The molecule has 148 valence electrons. The number of piperidine rings is 1. The van der Waals surface area contributed by atoms with Crippen molar-refractivity contribution < 1.29 is 14.3 Å². The number of carbonyl (C=O) groups excluding carboxylic acids is 2. The maximum Gasteiger partial charge on any atom is 0.321 e. The van der Waals surface area contributed by atoms with Gasteiger partial charge in [-0.2, -0.15) is 0 Å². The third-order valence-electron chi connectivity index (χ3n) is 4.84. The van der Waals surface area contributed by atoms with Crippen molar-refractivity contribution in [2.45, 2.75) is 19.8 Å². The molecule has 1 fully saturated rings. The molecule has 6 heteroatoms. The summed E-state index contributed by atoms with van der Waals surface area (Å²) in [5, 5.41) is 5.83. The minimum absolute atomic E-state index is 0.0379. The molecule has 0 saturated carbocycles. The number of hydrogen-bond donors (Lipinski definition) is 2. The Morgan fingerprint density at radius 2 is 1.82 bits per heavy atom. The molecule has 0 spiro atoms. The van der Waals surface area contributed by atoms with Gasteiger partial charge in [0.05, 0.1) is 6.54 Å². The first kappa shape index (κ1) is 19.7. The van der Waals surface area contributed by atoms with Crippen LogP contribution in [-0.2, 0) is 4.79 Å². The largest absolute Gasteiger partial charge is 0.492 e. The number of carbonyl (C=O) groups is 2. The Labute approximate surface area is 165 Å². The molecule has 1 heterocycles. The van der Waals surface area contributed by atoms with E-state index in [1.165, 1.54) is 0 Å². The highest BCUT2D eigenvalue weighted by Gasteiger charge is 2.27. The molecule has 0 atom stereocenters. The Balaban J connectivity index is 1.35. The van der Waals surface area contributed by atoms with Crippen molar-refractivity contribution in [3.63, 3.8) is 0 Å².